The molecule has 18 heavy (non-hydrogen) atoms. The highest BCUT2D eigenvalue weighted by Gasteiger charge is 2.28. The summed E-state index contributed by atoms with van der Waals surface area (Å²) in [7, 11) is 0. The smallest absolute Gasteiger partial charge is 0.489 e. The average molecular weight is 305 g/mol. The van der Waals surface area contributed by atoms with Crippen LogP contribution in [-0.2, 0) is 11.3 Å². The summed E-state index contributed by atoms with van der Waals surface area (Å²) in [6.45, 7) is -1.42. The second-order valence-corrected chi connectivity index (χ2v) is 4.02. The molecule has 102 valence electrons. The van der Waals surface area contributed by atoms with Crippen molar-refractivity contribution in [3.05, 3.63) is 27.7 Å². The van der Waals surface area contributed by atoms with E-state index < -0.39 is 19.6 Å². The Balaban J connectivity index is 2.62. The Morgan fingerprint density at radius 2 is 1.83 bits per heavy atom. The van der Waals surface area contributed by atoms with Crippen LogP contribution in [0.5, 0.6) is 5.75 Å². The zero-order chi connectivity index (χ0) is 13.8. The van der Waals surface area contributed by atoms with Crippen LogP contribution in [0, 0.1) is 0 Å². The lowest BCUT2D eigenvalue weighted by Crippen LogP contribution is -2.18. The van der Waals surface area contributed by atoms with Gasteiger partial charge in [-0.25, -0.2) is 0 Å². The highest BCUT2D eigenvalue weighted by molar-refractivity contribution is 6.35. The fourth-order valence-corrected chi connectivity index (χ4v) is 1.78. The van der Waals surface area contributed by atoms with E-state index in [1.54, 1.807) is 0 Å². The summed E-state index contributed by atoms with van der Waals surface area (Å²) < 4.78 is 43.7. The van der Waals surface area contributed by atoms with Gasteiger partial charge in [-0.2, -0.15) is 0 Å². The highest BCUT2D eigenvalue weighted by atomic mass is 35.5. The first kappa shape index (κ1) is 15.4. The molecular weight excluding hydrogens is 296 g/mol. The summed E-state index contributed by atoms with van der Waals surface area (Å²) >= 11 is 11.5. The number of hydrogen-bond donors (Lipinski definition) is 1. The fourth-order valence-electron chi connectivity index (χ4n) is 1.19. The number of aliphatic hydroxyl groups excluding tert-OH is 1. The Labute approximate surface area is 111 Å². The molecule has 0 spiro atoms. The molecule has 0 fully saturated rings. The molecule has 1 rings (SSSR count). The molecule has 0 heterocycles. The molecule has 0 amide bonds. The molecule has 0 unspecified atom stereocenters. The van der Waals surface area contributed by atoms with E-state index in [0.29, 0.717) is 10.6 Å². The van der Waals surface area contributed by atoms with Gasteiger partial charge in [-0.3, -0.25) is 4.74 Å². The lowest BCUT2D eigenvalue weighted by atomic mass is 10.2. The summed E-state index contributed by atoms with van der Waals surface area (Å²) in [4.78, 5) is 0. The van der Waals surface area contributed by atoms with E-state index in [9.17, 15) is 13.2 Å². The minimum absolute atomic E-state index is 0.0920. The molecule has 1 aromatic carbocycles. The standard InChI is InChI=1S/C10H9Cl2F3O3/c11-7-3-6(5-16)9(8(12)4-7)17-1-2-18-10(13,14)15/h3-4,16H,1-2,5H2. The first-order valence-electron chi connectivity index (χ1n) is 4.75. The number of benzene rings is 1. The predicted octanol–water partition coefficient (Wildman–Crippen LogP) is 3.40. The van der Waals surface area contributed by atoms with Crippen LogP contribution in [-0.4, -0.2) is 24.7 Å². The van der Waals surface area contributed by atoms with Crippen molar-refractivity contribution in [1.29, 1.82) is 0 Å². The molecule has 1 aromatic rings. The van der Waals surface area contributed by atoms with E-state index in [4.69, 9.17) is 33.0 Å². The monoisotopic (exact) mass is 304 g/mol. The van der Waals surface area contributed by atoms with Crippen molar-refractivity contribution in [3.63, 3.8) is 0 Å². The van der Waals surface area contributed by atoms with E-state index in [0.717, 1.165) is 0 Å². The zero-order valence-electron chi connectivity index (χ0n) is 8.93. The molecule has 0 aliphatic heterocycles. The van der Waals surface area contributed by atoms with E-state index in [2.05, 4.69) is 4.74 Å². The molecule has 0 aromatic heterocycles. The van der Waals surface area contributed by atoms with Gasteiger partial charge in [0.2, 0.25) is 0 Å². The van der Waals surface area contributed by atoms with Crippen LogP contribution in [0.2, 0.25) is 10.0 Å². The van der Waals surface area contributed by atoms with Crippen LogP contribution in [0.1, 0.15) is 5.56 Å². The first-order chi connectivity index (χ1) is 8.33. The van der Waals surface area contributed by atoms with Gasteiger partial charge in [-0.15, -0.1) is 13.2 Å². The SMILES string of the molecule is OCc1cc(Cl)cc(Cl)c1OCCOC(F)(F)F. The van der Waals surface area contributed by atoms with Crippen LogP contribution in [0.15, 0.2) is 12.1 Å². The molecule has 1 N–H and O–H groups in total. The lowest BCUT2D eigenvalue weighted by Gasteiger charge is -2.13. The van der Waals surface area contributed by atoms with Crippen molar-refractivity contribution < 1.29 is 27.8 Å². The van der Waals surface area contributed by atoms with Crippen molar-refractivity contribution in [2.75, 3.05) is 13.2 Å². The molecule has 8 heteroatoms. The molecule has 0 bridgehead atoms. The quantitative estimate of drug-likeness (QED) is 0.847. The minimum Gasteiger partial charge on any atom is -0.489 e. The van der Waals surface area contributed by atoms with E-state index in [1.807, 2.05) is 0 Å². The van der Waals surface area contributed by atoms with Crippen LogP contribution in [0.4, 0.5) is 13.2 Å². The maximum absolute atomic E-state index is 11.7. The zero-order valence-corrected chi connectivity index (χ0v) is 10.4. The highest BCUT2D eigenvalue weighted by Crippen LogP contribution is 2.32. The number of halogens is 5. The topological polar surface area (TPSA) is 38.7 Å². The Morgan fingerprint density at radius 1 is 1.17 bits per heavy atom. The Hall–Kier alpha value is -0.690. The fraction of sp³-hybridized carbons (Fsp3) is 0.400. The number of hydrogen-bond acceptors (Lipinski definition) is 3. The second-order valence-electron chi connectivity index (χ2n) is 3.18. The van der Waals surface area contributed by atoms with Crippen molar-refractivity contribution in [3.8, 4) is 5.75 Å². The Bertz CT molecular complexity index is 410. The van der Waals surface area contributed by atoms with Gasteiger partial charge >= 0.3 is 6.36 Å². The molecule has 0 saturated heterocycles. The van der Waals surface area contributed by atoms with Gasteiger partial charge in [0.05, 0.1) is 18.2 Å². The van der Waals surface area contributed by atoms with Crippen molar-refractivity contribution in [2.45, 2.75) is 13.0 Å². The van der Waals surface area contributed by atoms with Crippen LogP contribution >= 0.6 is 23.2 Å². The van der Waals surface area contributed by atoms with Gasteiger partial charge in [0.25, 0.3) is 0 Å². The molecular formula is C10H9Cl2F3O3. The maximum Gasteiger partial charge on any atom is 0.522 e. The predicted molar refractivity (Wildman–Crippen MR) is 59.9 cm³/mol. The summed E-state index contributed by atoms with van der Waals surface area (Å²) in [5, 5.41) is 9.45. The third-order valence-corrected chi connectivity index (χ3v) is 2.35. The van der Waals surface area contributed by atoms with E-state index in [1.165, 1.54) is 12.1 Å². The lowest BCUT2D eigenvalue weighted by molar-refractivity contribution is -0.325. The van der Waals surface area contributed by atoms with Gasteiger partial charge in [-0.05, 0) is 12.1 Å². The normalized spacial score (nSPS) is 11.7. The first-order valence-corrected chi connectivity index (χ1v) is 5.51. The van der Waals surface area contributed by atoms with Crippen LogP contribution in [0.3, 0.4) is 0 Å². The van der Waals surface area contributed by atoms with Crippen molar-refractivity contribution in [2.24, 2.45) is 0 Å². The molecule has 0 atom stereocenters. The van der Waals surface area contributed by atoms with Gasteiger partial charge in [0.1, 0.15) is 12.4 Å². The summed E-state index contributed by atoms with van der Waals surface area (Å²) in [6, 6.07) is 2.77. The molecule has 0 aliphatic carbocycles. The van der Waals surface area contributed by atoms with Gasteiger partial charge in [0, 0.05) is 10.6 Å². The maximum atomic E-state index is 11.7. The van der Waals surface area contributed by atoms with Crippen molar-refractivity contribution >= 4 is 23.2 Å². The van der Waals surface area contributed by atoms with E-state index >= 15 is 0 Å². The van der Waals surface area contributed by atoms with Crippen LogP contribution < -0.4 is 4.74 Å². The molecule has 0 saturated carbocycles. The van der Waals surface area contributed by atoms with Crippen LogP contribution in [0.25, 0.3) is 0 Å². The second kappa shape index (κ2) is 6.47. The minimum atomic E-state index is -4.70. The Morgan fingerprint density at radius 3 is 2.39 bits per heavy atom. The average Bonchev–Trinajstić information content (AvgIpc) is 2.24. The number of ether oxygens (including phenoxy) is 2. The molecule has 3 nitrogen and oxygen atoms in total. The number of rotatable bonds is 5. The number of aliphatic hydroxyl groups is 1. The van der Waals surface area contributed by atoms with E-state index in [-0.39, 0.29) is 17.4 Å². The number of alkyl halides is 3. The van der Waals surface area contributed by atoms with Crippen molar-refractivity contribution in [1.82, 2.24) is 0 Å². The summed E-state index contributed by atoms with van der Waals surface area (Å²) in [5.41, 5.74) is 0.291. The molecule has 0 radical (unpaired) electrons. The summed E-state index contributed by atoms with van der Waals surface area (Å²) in [5.74, 6) is 0.0920. The third-order valence-electron chi connectivity index (χ3n) is 1.85. The largest absolute Gasteiger partial charge is 0.522 e. The van der Waals surface area contributed by atoms with Gasteiger partial charge in [-0.1, -0.05) is 23.2 Å². The van der Waals surface area contributed by atoms with Gasteiger partial charge < -0.3 is 9.84 Å². The Kier molecular flexibility index (Phi) is 5.52. The summed E-state index contributed by atoms with van der Waals surface area (Å²) in [6.07, 6.45) is -4.70. The molecule has 0 aliphatic rings. The third kappa shape index (κ3) is 4.89. The van der Waals surface area contributed by atoms with Gasteiger partial charge in [0.15, 0.2) is 0 Å².